The van der Waals surface area contributed by atoms with Crippen molar-refractivity contribution in [3.8, 4) is 40.1 Å². The number of fused-ring (bicyclic) bond motifs is 5. The summed E-state index contributed by atoms with van der Waals surface area (Å²) < 4.78 is 22.7. The van der Waals surface area contributed by atoms with E-state index in [0.717, 1.165) is 11.1 Å². The molecule has 2 N–H and O–H groups in total. The van der Waals surface area contributed by atoms with E-state index in [1.165, 1.54) is 13.2 Å². The molecule has 0 saturated carbocycles. The van der Waals surface area contributed by atoms with Crippen LogP contribution in [-0.2, 0) is 13.0 Å². The third kappa shape index (κ3) is 2.72. The minimum atomic E-state index is -0.00772. The second-order valence-electron chi connectivity index (χ2n) is 6.98. The first kappa shape index (κ1) is 18.1. The number of hydrogen-bond acceptors (Lipinski definition) is 6. The minimum Gasteiger partial charge on any atom is -0.507 e. The van der Waals surface area contributed by atoms with Crippen molar-refractivity contribution in [1.29, 1.82) is 0 Å². The Hall–Kier alpha value is -3.28. The third-order valence-electron chi connectivity index (χ3n) is 4.93. The van der Waals surface area contributed by atoms with Crippen LogP contribution in [0.5, 0.6) is 28.7 Å². The molecule has 0 fully saturated rings. The van der Waals surface area contributed by atoms with Gasteiger partial charge in [0.1, 0.15) is 52.3 Å². The van der Waals surface area contributed by atoms with Gasteiger partial charge >= 0.3 is 0 Å². The van der Waals surface area contributed by atoms with Gasteiger partial charge in [0.25, 0.3) is 0 Å². The lowest BCUT2D eigenvalue weighted by atomic mass is 9.99. The van der Waals surface area contributed by atoms with Crippen LogP contribution in [0.1, 0.15) is 25.0 Å². The average molecular weight is 382 g/mol. The van der Waals surface area contributed by atoms with Crippen LogP contribution >= 0.6 is 0 Å². The second-order valence-corrected chi connectivity index (χ2v) is 6.98. The van der Waals surface area contributed by atoms with E-state index in [4.69, 9.17) is 18.6 Å². The standard InChI is InChI=1S/C22H22O6/c1-11(2)5-6-13-17(26-4)9-16(24)19-14-10-27-18-8-12(25-3)7-15(23)20(18)22(14)28-21(13)19/h5,7-9,23-24H,6,10H2,1-4H3. The van der Waals surface area contributed by atoms with Gasteiger partial charge in [0.2, 0.25) is 0 Å². The van der Waals surface area contributed by atoms with Crippen molar-refractivity contribution in [3.63, 3.8) is 0 Å². The van der Waals surface area contributed by atoms with E-state index in [1.807, 2.05) is 13.8 Å². The van der Waals surface area contributed by atoms with Gasteiger partial charge in [0.15, 0.2) is 0 Å². The summed E-state index contributed by atoms with van der Waals surface area (Å²) in [5.41, 5.74) is 3.68. The summed E-state index contributed by atoms with van der Waals surface area (Å²) in [7, 11) is 3.09. The lowest BCUT2D eigenvalue weighted by Gasteiger charge is -2.18. The highest BCUT2D eigenvalue weighted by atomic mass is 16.5. The Bertz CT molecular complexity index is 1100. The summed E-state index contributed by atoms with van der Waals surface area (Å²) >= 11 is 0. The van der Waals surface area contributed by atoms with E-state index in [1.54, 1.807) is 19.2 Å². The molecular weight excluding hydrogens is 360 g/mol. The van der Waals surface area contributed by atoms with Crippen molar-refractivity contribution in [1.82, 2.24) is 0 Å². The fraction of sp³-hybridized carbons (Fsp3) is 0.273. The summed E-state index contributed by atoms with van der Waals surface area (Å²) in [6, 6.07) is 4.81. The highest BCUT2D eigenvalue weighted by Gasteiger charge is 2.31. The summed E-state index contributed by atoms with van der Waals surface area (Å²) in [5, 5.41) is 21.8. The topological polar surface area (TPSA) is 81.3 Å². The van der Waals surface area contributed by atoms with Crippen LogP contribution in [0.25, 0.3) is 22.3 Å². The molecule has 0 saturated heterocycles. The summed E-state index contributed by atoms with van der Waals surface area (Å²) in [5.74, 6) is 2.04. The van der Waals surface area contributed by atoms with Crippen LogP contribution in [0.15, 0.2) is 34.3 Å². The number of allylic oxidation sites excluding steroid dienone is 2. The molecule has 6 nitrogen and oxygen atoms in total. The molecule has 1 aliphatic rings. The van der Waals surface area contributed by atoms with Gasteiger partial charge in [-0.15, -0.1) is 0 Å². The Kier molecular flexibility index (Phi) is 4.34. The molecular formula is C22H22O6. The number of methoxy groups -OCH3 is 2. The lowest BCUT2D eigenvalue weighted by molar-refractivity contribution is 0.294. The van der Waals surface area contributed by atoms with E-state index in [-0.39, 0.29) is 18.1 Å². The molecule has 0 aliphatic carbocycles. The van der Waals surface area contributed by atoms with Gasteiger partial charge in [0.05, 0.1) is 19.6 Å². The Morgan fingerprint density at radius 3 is 2.57 bits per heavy atom. The van der Waals surface area contributed by atoms with Gasteiger partial charge in [-0.1, -0.05) is 11.6 Å². The molecule has 0 bridgehead atoms. The normalized spacial score (nSPS) is 12.1. The Morgan fingerprint density at radius 2 is 1.89 bits per heavy atom. The SMILES string of the molecule is COc1cc(O)c2c(c1)OCc1c-2oc2c(CC=C(C)C)c(OC)cc(O)c12. The molecule has 0 atom stereocenters. The molecule has 0 radical (unpaired) electrons. The predicted molar refractivity (Wildman–Crippen MR) is 106 cm³/mol. The fourth-order valence-electron chi connectivity index (χ4n) is 3.55. The number of furan rings is 1. The smallest absolute Gasteiger partial charge is 0.149 e. The molecule has 0 amide bonds. The Morgan fingerprint density at radius 1 is 1.11 bits per heavy atom. The predicted octanol–water partition coefficient (Wildman–Crippen LogP) is 4.93. The van der Waals surface area contributed by atoms with Gasteiger partial charge in [-0.25, -0.2) is 0 Å². The number of rotatable bonds is 4. The fourth-order valence-corrected chi connectivity index (χ4v) is 3.55. The molecule has 2 aromatic carbocycles. The van der Waals surface area contributed by atoms with Crippen LogP contribution in [0.2, 0.25) is 0 Å². The van der Waals surface area contributed by atoms with Gasteiger partial charge in [-0.2, -0.15) is 0 Å². The van der Waals surface area contributed by atoms with E-state index >= 15 is 0 Å². The van der Waals surface area contributed by atoms with E-state index in [2.05, 4.69) is 6.08 Å². The van der Waals surface area contributed by atoms with Crippen molar-refractivity contribution < 1.29 is 28.8 Å². The number of benzene rings is 2. The highest BCUT2D eigenvalue weighted by molar-refractivity contribution is 5.98. The Balaban J connectivity index is 2.01. The molecule has 0 unspecified atom stereocenters. The summed E-state index contributed by atoms with van der Waals surface area (Å²) in [6.07, 6.45) is 2.67. The first-order valence-corrected chi connectivity index (χ1v) is 8.96. The molecule has 3 aromatic rings. The maximum absolute atomic E-state index is 10.6. The summed E-state index contributed by atoms with van der Waals surface area (Å²) in [4.78, 5) is 0. The van der Waals surface area contributed by atoms with E-state index in [9.17, 15) is 10.2 Å². The monoisotopic (exact) mass is 382 g/mol. The van der Waals surface area contributed by atoms with Crippen molar-refractivity contribution >= 4 is 11.0 Å². The quantitative estimate of drug-likeness (QED) is 0.623. The molecule has 4 rings (SSSR count). The molecule has 146 valence electrons. The maximum Gasteiger partial charge on any atom is 0.149 e. The number of phenolic OH excluding ortho intramolecular Hbond substituents is 2. The minimum absolute atomic E-state index is 0.00772. The Labute approximate surface area is 162 Å². The molecule has 6 heteroatoms. The van der Waals surface area contributed by atoms with E-state index < -0.39 is 0 Å². The van der Waals surface area contributed by atoms with Crippen LogP contribution in [0.3, 0.4) is 0 Å². The largest absolute Gasteiger partial charge is 0.507 e. The van der Waals surface area contributed by atoms with Crippen molar-refractivity contribution in [2.45, 2.75) is 26.9 Å². The zero-order valence-corrected chi connectivity index (χ0v) is 16.3. The third-order valence-corrected chi connectivity index (χ3v) is 4.93. The van der Waals surface area contributed by atoms with Gasteiger partial charge < -0.3 is 28.8 Å². The zero-order valence-electron chi connectivity index (χ0n) is 16.3. The van der Waals surface area contributed by atoms with Gasteiger partial charge in [-0.3, -0.25) is 0 Å². The number of hydrogen-bond donors (Lipinski definition) is 2. The van der Waals surface area contributed by atoms with Crippen LogP contribution < -0.4 is 14.2 Å². The molecule has 0 spiro atoms. The van der Waals surface area contributed by atoms with Gasteiger partial charge in [0, 0.05) is 29.3 Å². The van der Waals surface area contributed by atoms with Gasteiger partial charge in [-0.05, 0) is 20.3 Å². The number of aromatic hydroxyl groups is 2. The lowest BCUT2D eigenvalue weighted by Crippen LogP contribution is -2.04. The van der Waals surface area contributed by atoms with E-state index in [0.29, 0.717) is 51.5 Å². The molecule has 1 aliphatic heterocycles. The van der Waals surface area contributed by atoms with Crippen LogP contribution in [-0.4, -0.2) is 24.4 Å². The summed E-state index contributed by atoms with van der Waals surface area (Å²) in [6.45, 7) is 4.25. The maximum atomic E-state index is 10.6. The first-order valence-electron chi connectivity index (χ1n) is 8.96. The first-order chi connectivity index (χ1) is 13.4. The van der Waals surface area contributed by atoms with Crippen molar-refractivity contribution in [3.05, 3.63) is 41.0 Å². The zero-order chi connectivity index (χ0) is 20.0. The van der Waals surface area contributed by atoms with Crippen LogP contribution in [0.4, 0.5) is 0 Å². The average Bonchev–Trinajstić information content (AvgIpc) is 3.06. The van der Waals surface area contributed by atoms with Crippen molar-refractivity contribution in [2.24, 2.45) is 0 Å². The molecule has 1 aromatic heterocycles. The number of phenols is 2. The highest BCUT2D eigenvalue weighted by Crippen LogP contribution is 2.51. The van der Waals surface area contributed by atoms with Crippen LogP contribution in [0, 0.1) is 0 Å². The second kappa shape index (κ2) is 6.71. The molecule has 28 heavy (non-hydrogen) atoms. The number of ether oxygens (including phenoxy) is 3. The molecule has 2 heterocycles. The van der Waals surface area contributed by atoms with Crippen molar-refractivity contribution in [2.75, 3.05) is 14.2 Å².